The van der Waals surface area contributed by atoms with Gasteiger partial charge >= 0.3 is 6.03 Å². The van der Waals surface area contributed by atoms with E-state index in [-0.39, 0.29) is 11.4 Å². The summed E-state index contributed by atoms with van der Waals surface area (Å²) in [6.07, 6.45) is 3.96. The van der Waals surface area contributed by atoms with Gasteiger partial charge in [0.2, 0.25) is 0 Å². The van der Waals surface area contributed by atoms with Gasteiger partial charge in [0.05, 0.1) is 29.9 Å². The number of aromatic nitrogens is 2. The van der Waals surface area contributed by atoms with E-state index in [1.807, 2.05) is 48.4 Å². The van der Waals surface area contributed by atoms with Crippen LogP contribution in [0.25, 0.3) is 5.69 Å². The molecule has 6 heteroatoms. The number of carbonyl (C=O) groups excluding carboxylic acids is 1. The first-order chi connectivity index (χ1) is 11.7. The van der Waals surface area contributed by atoms with E-state index in [2.05, 4.69) is 10.4 Å². The number of rotatable bonds is 2. The number of amides is 2. The van der Waals surface area contributed by atoms with Crippen molar-refractivity contribution in [3.8, 4) is 5.69 Å². The Morgan fingerprint density at radius 3 is 2.88 bits per heavy atom. The molecule has 2 fully saturated rings. The molecule has 2 aliphatic rings. The third kappa shape index (κ3) is 2.78. The maximum Gasteiger partial charge on any atom is 0.321 e. The number of aryl methyl sites for hydroxylation is 1. The predicted molar refractivity (Wildman–Crippen MR) is 91.4 cm³/mol. The lowest BCUT2D eigenvalue weighted by Gasteiger charge is -2.22. The van der Waals surface area contributed by atoms with Gasteiger partial charge in [0.25, 0.3) is 0 Å². The molecular weight excluding hydrogens is 304 g/mol. The molecule has 3 heterocycles. The van der Waals surface area contributed by atoms with E-state index in [9.17, 15) is 4.79 Å². The Morgan fingerprint density at radius 1 is 1.29 bits per heavy atom. The van der Waals surface area contributed by atoms with Crippen molar-refractivity contribution < 1.29 is 9.53 Å². The highest BCUT2D eigenvalue weighted by molar-refractivity contribution is 5.90. The van der Waals surface area contributed by atoms with Crippen molar-refractivity contribution in [1.82, 2.24) is 14.7 Å². The van der Waals surface area contributed by atoms with E-state index in [0.717, 1.165) is 56.2 Å². The van der Waals surface area contributed by atoms with Crippen LogP contribution in [0, 0.1) is 12.3 Å². The van der Waals surface area contributed by atoms with Gasteiger partial charge in [0.15, 0.2) is 0 Å². The Labute approximate surface area is 141 Å². The van der Waals surface area contributed by atoms with Crippen molar-refractivity contribution in [2.45, 2.75) is 19.8 Å². The minimum Gasteiger partial charge on any atom is -0.381 e. The zero-order valence-electron chi connectivity index (χ0n) is 13.9. The van der Waals surface area contributed by atoms with Gasteiger partial charge in [-0.3, -0.25) is 0 Å². The summed E-state index contributed by atoms with van der Waals surface area (Å²) in [5.74, 6) is 0. The number of nitrogens with one attached hydrogen (secondary N) is 1. The first-order valence-corrected chi connectivity index (χ1v) is 8.41. The van der Waals surface area contributed by atoms with Crippen LogP contribution in [0.2, 0.25) is 0 Å². The van der Waals surface area contributed by atoms with Crippen molar-refractivity contribution in [1.29, 1.82) is 0 Å². The molecule has 126 valence electrons. The second-order valence-corrected chi connectivity index (χ2v) is 6.81. The number of carbonyl (C=O) groups is 1. The summed E-state index contributed by atoms with van der Waals surface area (Å²) in [6, 6.07) is 9.84. The Kier molecular flexibility index (Phi) is 3.76. The van der Waals surface area contributed by atoms with Gasteiger partial charge in [-0.2, -0.15) is 5.10 Å². The van der Waals surface area contributed by atoms with E-state index in [0.29, 0.717) is 0 Å². The summed E-state index contributed by atoms with van der Waals surface area (Å²) in [5.41, 5.74) is 2.72. The standard InChI is InChI=1S/C18H22N4O2/c1-14-16(11-22(20-14)15-5-3-2-4-6-15)19-17(23)21-9-7-18(12-21)8-10-24-13-18/h2-6,11H,7-10,12-13H2,1H3,(H,19,23)/t18-/m0/s1. The van der Waals surface area contributed by atoms with Gasteiger partial charge in [0.1, 0.15) is 0 Å². The van der Waals surface area contributed by atoms with Crippen molar-refractivity contribution >= 4 is 11.7 Å². The average Bonchev–Trinajstić information content (AvgIpc) is 3.32. The number of hydrogen-bond donors (Lipinski definition) is 1. The lowest BCUT2D eigenvalue weighted by atomic mass is 9.87. The molecule has 1 spiro atoms. The molecule has 1 aromatic carbocycles. The Hall–Kier alpha value is -2.34. The smallest absolute Gasteiger partial charge is 0.321 e. The molecule has 0 saturated carbocycles. The Balaban J connectivity index is 1.46. The molecule has 0 radical (unpaired) electrons. The highest BCUT2D eigenvalue weighted by atomic mass is 16.5. The van der Waals surface area contributed by atoms with E-state index >= 15 is 0 Å². The summed E-state index contributed by atoms with van der Waals surface area (Å²) >= 11 is 0. The topological polar surface area (TPSA) is 59.4 Å². The lowest BCUT2D eigenvalue weighted by Crippen LogP contribution is -2.35. The first kappa shape index (κ1) is 15.2. The summed E-state index contributed by atoms with van der Waals surface area (Å²) in [6.45, 7) is 5.08. The minimum absolute atomic E-state index is 0.0468. The molecule has 0 aliphatic carbocycles. The molecule has 1 N–H and O–H groups in total. The molecule has 0 unspecified atom stereocenters. The quantitative estimate of drug-likeness (QED) is 0.923. The summed E-state index contributed by atoms with van der Waals surface area (Å²) in [4.78, 5) is 14.5. The molecule has 0 bridgehead atoms. The van der Waals surface area contributed by atoms with Gasteiger partial charge in [0, 0.05) is 25.1 Å². The number of benzene rings is 1. The molecule has 2 aliphatic heterocycles. The van der Waals surface area contributed by atoms with Gasteiger partial charge in [-0.1, -0.05) is 18.2 Å². The predicted octanol–water partition coefficient (Wildman–Crippen LogP) is 2.83. The molecular formula is C18H22N4O2. The highest BCUT2D eigenvalue weighted by Gasteiger charge is 2.42. The van der Waals surface area contributed by atoms with Crippen LogP contribution < -0.4 is 5.32 Å². The van der Waals surface area contributed by atoms with Crippen LogP contribution in [0.1, 0.15) is 18.5 Å². The zero-order chi connectivity index (χ0) is 16.6. The average molecular weight is 326 g/mol. The Bertz CT molecular complexity index is 735. The summed E-state index contributed by atoms with van der Waals surface area (Å²) in [5, 5.41) is 7.51. The SMILES string of the molecule is Cc1nn(-c2ccccc2)cc1NC(=O)N1CC[C@]2(CCOC2)C1. The molecule has 2 saturated heterocycles. The maximum atomic E-state index is 12.6. The fourth-order valence-electron chi connectivity index (χ4n) is 3.57. The fourth-order valence-corrected chi connectivity index (χ4v) is 3.57. The molecule has 4 rings (SSSR count). The third-order valence-corrected chi connectivity index (χ3v) is 5.07. The van der Waals surface area contributed by atoms with E-state index < -0.39 is 0 Å². The highest BCUT2D eigenvalue weighted by Crippen LogP contribution is 2.38. The molecule has 6 nitrogen and oxygen atoms in total. The maximum absolute atomic E-state index is 12.6. The second kappa shape index (κ2) is 5.94. The molecule has 2 amide bonds. The molecule has 1 aromatic heterocycles. The summed E-state index contributed by atoms with van der Waals surface area (Å²) < 4.78 is 7.32. The summed E-state index contributed by atoms with van der Waals surface area (Å²) in [7, 11) is 0. The number of hydrogen-bond acceptors (Lipinski definition) is 3. The number of para-hydroxylation sites is 1. The minimum atomic E-state index is -0.0468. The van der Waals surface area contributed by atoms with Crippen LogP contribution in [0.15, 0.2) is 36.5 Å². The normalized spacial score (nSPS) is 23.1. The van der Waals surface area contributed by atoms with Crippen LogP contribution in [-0.2, 0) is 4.74 Å². The van der Waals surface area contributed by atoms with E-state index in [1.165, 1.54) is 0 Å². The van der Waals surface area contributed by atoms with Gasteiger partial charge < -0.3 is 15.0 Å². The number of ether oxygens (including phenoxy) is 1. The van der Waals surface area contributed by atoms with Crippen LogP contribution in [0.3, 0.4) is 0 Å². The van der Waals surface area contributed by atoms with Crippen molar-refractivity contribution in [3.63, 3.8) is 0 Å². The largest absolute Gasteiger partial charge is 0.381 e. The van der Waals surface area contributed by atoms with Gasteiger partial charge in [-0.05, 0) is 31.9 Å². The first-order valence-electron chi connectivity index (χ1n) is 8.41. The second-order valence-electron chi connectivity index (χ2n) is 6.81. The fraction of sp³-hybridized carbons (Fsp3) is 0.444. The van der Waals surface area contributed by atoms with Crippen molar-refractivity contribution in [2.75, 3.05) is 31.6 Å². The number of anilines is 1. The van der Waals surface area contributed by atoms with Gasteiger partial charge in [-0.25, -0.2) is 9.48 Å². The van der Waals surface area contributed by atoms with Crippen LogP contribution in [0.4, 0.5) is 10.5 Å². The number of likely N-dealkylation sites (tertiary alicyclic amines) is 1. The monoisotopic (exact) mass is 326 g/mol. The van der Waals surface area contributed by atoms with Crippen LogP contribution in [-0.4, -0.2) is 47.0 Å². The van der Waals surface area contributed by atoms with Gasteiger partial charge in [-0.15, -0.1) is 0 Å². The molecule has 2 aromatic rings. The van der Waals surface area contributed by atoms with Crippen molar-refractivity contribution in [2.24, 2.45) is 5.41 Å². The number of urea groups is 1. The number of nitrogens with zero attached hydrogens (tertiary/aromatic N) is 3. The van der Waals surface area contributed by atoms with E-state index in [4.69, 9.17) is 4.74 Å². The molecule has 24 heavy (non-hydrogen) atoms. The Morgan fingerprint density at radius 2 is 2.12 bits per heavy atom. The van der Waals surface area contributed by atoms with Crippen LogP contribution >= 0.6 is 0 Å². The lowest BCUT2D eigenvalue weighted by molar-refractivity contribution is 0.154. The van der Waals surface area contributed by atoms with Crippen LogP contribution in [0.5, 0.6) is 0 Å². The van der Waals surface area contributed by atoms with E-state index in [1.54, 1.807) is 4.68 Å². The zero-order valence-corrected chi connectivity index (χ0v) is 13.9. The van der Waals surface area contributed by atoms with Crippen molar-refractivity contribution in [3.05, 3.63) is 42.2 Å². The third-order valence-electron chi connectivity index (χ3n) is 5.07. The molecule has 1 atom stereocenters.